The standard InChI is InChI=1S/C16H11F3N2O4S/c17-16(18,19)7-1-10-14(25-4-13(22)20-10)11(2-7)21-15(23)8-3-24-12-6-26-5-9(8)12/h1-3H,4-6H2,(H,20,22)(H,21,23). The van der Waals surface area contributed by atoms with E-state index in [1.165, 1.54) is 6.26 Å². The van der Waals surface area contributed by atoms with Gasteiger partial charge in [0.2, 0.25) is 0 Å². The summed E-state index contributed by atoms with van der Waals surface area (Å²) in [5.74, 6) is 0.756. The number of carbonyl (C=O) groups excluding carboxylic acids is 2. The van der Waals surface area contributed by atoms with Gasteiger partial charge in [-0.05, 0) is 12.1 Å². The molecule has 0 radical (unpaired) electrons. The van der Waals surface area contributed by atoms with Gasteiger partial charge in [0.05, 0.1) is 28.3 Å². The van der Waals surface area contributed by atoms with Crippen LogP contribution in [0.25, 0.3) is 0 Å². The zero-order valence-electron chi connectivity index (χ0n) is 13.0. The highest BCUT2D eigenvalue weighted by Crippen LogP contribution is 2.42. The number of halogens is 3. The fourth-order valence-corrected chi connectivity index (χ4v) is 3.84. The molecule has 0 saturated carbocycles. The Hall–Kier alpha value is -2.62. The molecular weight excluding hydrogens is 373 g/mol. The second-order valence-corrected chi connectivity index (χ2v) is 6.72. The number of rotatable bonds is 2. The summed E-state index contributed by atoms with van der Waals surface area (Å²) in [6, 6.07) is 1.55. The Bertz CT molecular complexity index is 923. The first-order chi connectivity index (χ1) is 12.3. The van der Waals surface area contributed by atoms with Crippen LogP contribution in [0.3, 0.4) is 0 Å². The van der Waals surface area contributed by atoms with E-state index in [-0.39, 0.29) is 29.3 Å². The van der Waals surface area contributed by atoms with Gasteiger partial charge in [0.1, 0.15) is 12.0 Å². The van der Waals surface area contributed by atoms with Crippen molar-refractivity contribution in [1.29, 1.82) is 0 Å². The predicted octanol–water partition coefficient (Wildman–Crippen LogP) is 3.63. The molecule has 0 bridgehead atoms. The molecular formula is C16H11F3N2O4S. The SMILES string of the molecule is O=C1COc2c(cc(C(F)(F)F)cc2NC(=O)c2coc3c2CSC3)N1. The number of benzene rings is 1. The van der Waals surface area contributed by atoms with Gasteiger partial charge in [-0.1, -0.05) is 0 Å². The van der Waals surface area contributed by atoms with Crippen LogP contribution < -0.4 is 15.4 Å². The molecule has 1 aromatic heterocycles. The Labute approximate surface area is 149 Å². The van der Waals surface area contributed by atoms with Gasteiger partial charge in [-0.15, -0.1) is 11.8 Å². The zero-order valence-corrected chi connectivity index (χ0v) is 13.8. The van der Waals surface area contributed by atoms with Gasteiger partial charge >= 0.3 is 6.18 Å². The summed E-state index contributed by atoms with van der Waals surface area (Å²) >= 11 is 1.58. The topological polar surface area (TPSA) is 80.6 Å². The van der Waals surface area contributed by atoms with Crippen molar-refractivity contribution in [3.8, 4) is 5.75 Å². The highest BCUT2D eigenvalue weighted by Gasteiger charge is 2.34. The van der Waals surface area contributed by atoms with Crippen molar-refractivity contribution in [3.05, 3.63) is 40.8 Å². The summed E-state index contributed by atoms with van der Waals surface area (Å²) < 4.78 is 50.0. The number of ether oxygens (including phenoxy) is 1. The molecule has 0 fully saturated rings. The highest BCUT2D eigenvalue weighted by molar-refractivity contribution is 7.98. The Kier molecular flexibility index (Phi) is 3.87. The van der Waals surface area contributed by atoms with Crippen LogP contribution in [0.1, 0.15) is 27.2 Å². The summed E-state index contributed by atoms with van der Waals surface area (Å²) in [5.41, 5.74) is -0.302. The third-order valence-electron chi connectivity index (χ3n) is 3.99. The molecule has 26 heavy (non-hydrogen) atoms. The molecule has 6 nitrogen and oxygen atoms in total. The number of hydrogen-bond acceptors (Lipinski definition) is 5. The minimum absolute atomic E-state index is 0.0135. The fourth-order valence-electron chi connectivity index (χ4n) is 2.79. The smallest absolute Gasteiger partial charge is 0.416 e. The lowest BCUT2D eigenvalue weighted by Crippen LogP contribution is -2.27. The molecule has 1 aromatic carbocycles. The molecule has 0 aliphatic carbocycles. The molecule has 2 aliphatic rings. The summed E-state index contributed by atoms with van der Waals surface area (Å²) in [6.07, 6.45) is -3.35. The monoisotopic (exact) mass is 384 g/mol. The Balaban J connectivity index is 1.72. The summed E-state index contributed by atoms with van der Waals surface area (Å²) in [6.45, 7) is -0.348. The number of furan rings is 1. The lowest BCUT2D eigenvalue weighted by molar-refractivity contribution is -0.137. The molecule has 2 amide bonds. The molecule has 2 aliphatic heterocycles. The molecule has 2 aromatic rings. The minimum Gasteiger partial charge on any atom is -0.479 e. The van der Waals surface area contributed by atoms with E-state index in [1.807, 2.05) is 0 Å². The van der Waals surface area contributed by atoms with Crippen LogP contribution in [0.2, 0.25) is 0 Å². The number of hydrogen-bond donors (Lipinski definition) is 2. The van der Waals surface area contributed by atoms with Crippen molar-refractivity contribution < 1.29 is 31.9 Å². The number of fused-ring (bicyclic) bond motifs is 2. The largest absolute Gasteiger partial charge is 0.479 e. The third-order valence-corrected chi connectivity index (χ3v) is 4.95. The van der Waals surface area contributed by atoms with E-state index in [0.717, 1.165) is 17.7 Å². The summed E-state index contributed by atoms with van der Waals surface area (Å²) in [5, 5.41) is 4.77. The van der Waals surface area contributed by atoms with E-state index in [0.29, 0.717) is 17.3 Å². The number of nitrogens with one attached hydrogen (secondary N) is 2. The van der Waals surface area contributed by atoms with Crippen LogP contribution in [-0.4, -0.2) is 18.4 Å². The summed E-state index contributed by atoms with van der Waals surface area (Å²) in [4.78, 5) is 24.0. The van der Waals surface area contributed by atoms with E-state index in [1.54, 1.807) is 11.8 Å². The molecule has 2 N–H and O–H groups in total. The average molecular weight is 384 g/mol. The first kappa shape index (κ1) is 16.8. The van der Waals surface area contributed by atoms with E-state index in [9.17, 15) is 22.8 Å². The van der Waals surface area contributed by atoms with E-state index >= 15 is 0 Å². The van der Waals surface area contributed by atoms with Crippen LogP contribution in [0.15, 0.2) is 22.8 Å². The maximum absolute atomic E-state index is 13.1. The third kappa shape index (κ3) is 2.90. The molecule has 0 atom stereocenters. The van der Waals surface area contributed by atoms with E-state index in [2.05, 4.69) is 10.6 Å². The first-order valence-corrected chi connectivity index (χ1v) is 8.64. The van der Waals surface area contributed by atoms with Gasteiger partial charge < -0.3 is 19.8 Å². The van der Waals surface area contributed by atoms with Gasteiger partial charge in [0.15, 0.2) is 12.4 Å². The molecule has 4 rings (SSSR count). The van der Waals surface area contributed by atoms with Crippen LogP contribution in [-0.2, 0) is 22.5 Å². The fraction of sp³-hybridized carbons (Fsp3) is 0.250. The van der Waals surface area contributed by atoms with Crippen LogP contribution >= 0.6 is 11.8 Å². The van der Waals surface area contributed by atoms with Crippen molar-refractivity contribution in [2.45, 2.75) is 17.7 Å². The Morgan fingerprint density at radius 1 is 1.27 bits per heavy atom. The van der Waals surface area contributed by atoms with Crippen molar-refractivity contribution >= 4 is 35.0 Å². The van der Waals surface area contributed by atoms with Crippen molar-refractivity contribution in [2.75, 3.05) is 17.2 Å². The average Bonchev–Trinajstić information content (AvgIpc) is 3.16. The molecule has 10 heteroatoms. The van der Waals surface area contributed by atoms with Gasteiger partial charge in [0.25, 0.3) is 11.8 Å². The number of alkyl halides is 3. The Morgan fingerprint density at radius 2 is 2.08 bits per heavy atom. The summed E-state index contributed by atoms with van der Waals surface area (Å²) in [7, 11) is 0. The van der Waals surface area contributed by atoms with Gasteiger partial charge in [-0.3, -0.25) is 9.59 Å². The maximum atomic E-state index is 13.1. The minimum atomic E-state index is -4.65. The van der Waals surface area contributed by atoms with Gasteiger partial charge in [0, 0.05) is 11.3 Å². The van der Waals surface area contributed by atoms with Crippen LogP contribution in [0.4, 0.5) is 24.5 Å². The second kappa shape index (κ2) is 5.97. The number of amides is 2. The number of anilines is 2. The second-order valence-electron chi connectivity index (χ2n) is 5.73. The van der Waals surface area contributed by atoms with Crippen LogP contribution in [0, 0.1) is 0 Å². The molecule has 0 spiro atoms. The van der Waals surface area contributed by atoms with E-state index < -0.39 is 23.6 Å². The van der Waals surface area contributed by atoms with Crippen molar-refractivity contribution in [1.82, 2.24) is 0 Å². The lowest BCUT2D eigenvalue weighted by Gasteiger charge is -2.22. The normalized spacial score (nSPS) is 15.7. The Morgan fingerprint density at radius 3 is 2.85 bits per heavy atom. The highest BCUT2D eigenvalue weighted by atomic mass is 32.2. The molecule has 136 valence electrons. The number of thioether (sulfide) groups is 1. The van der Waals surface area contributed by atoms with Gasteiger partial charge in [-0.2, -0.15) is 13.2 Å². The molecule has 0 saturated heterocycles. The molecule has 0 unspecified atom stereocenters. The molecule has 3 heterocycles. The van der Waals surface area contributed by atoms with Gasteiger partial charge in [-0.25, -0.2) is 0 Å². The maximum Gasteiger partial charge on any atom is 0.416 e. The van der Waals surface area contributed by atoms with Crippen LogP contribution in [0.5, 0.6) is 5.75 Å². The number of carbonyl (C=O) groups is 2. The first-order valence-electron chi connectivity index (χ1n) is 7.49. The quantitative estimate of drug-likeness (QED) is 0.827. The lowest BCUT2D eigenvalue weighted by atomic mass is 10.1. The predicted molar refractivity (Wildman–Crippen MR) is 87.2 cm³/mol. The van der Waals surface area contributed by atoms with E-state index in [4.69, 9.17) is 9.15 Å². The van der Waals surface area contributed by atoms with Crippen molar-refractivity contribution in [3.63, 3.8) is 0 Å². The zero-order chi connectivity index (χ0) is 18.5. The van der Waals surface area contributed by atoms with Crippen molar-refractivity contribution in [2.24, 2.45) is 0 Å².